The second kappa shape index (κ2) is 9.64. The Bertz CT molecular complexity index is 1260. The number of halogens is 1. The van der Waals surface area contributed by atoms with Crippen molar-refractivity contribution in [2.75, 3.05) is 40.3 Å². The molecule has 7 nitrogen and oxygen atoms in total. The van der Waals surface area contributed by atoms with Crippen LogP contribution >= 0.6 is 11.6 Å². The summed E-state index contributed by atoms with van der Waals surface area (Å²) in [5.41, 5.74) is 4.30. The third kappa shape index (κ3) is 4.81. The van der Waals surface area contributed by atoms with Crippen molar-refractivity contribution in [1.82, 2.24) is 20.1 Å². The van der Waals surface area contributed by atoms with Gasteiger partial charge in [-0.25, -0.2) is 0 Å². The number of amides is 2. The first kappa shape index (κ1) is 23.9. The molecule has 2 aromatic carbocycles. The molecular formula is C27H31ClN4O3. The minimum absolute atomic E-state index is 0.0418. The van der Waals surface area contributed by atoms with Crippen molar-refractivity contribution in [1.29, 1.82) is 0 Å². The second-order valence-corrected chi connectivity index (χ2v) is 10.2. The van der Waals surface area contributed by atoms with E-state index < -0.39 is 0 Å². The van der Waals surface area contributed by atoms with Crippen molar-refractivity contribution in [3.63, 3.8) is 0 Å². The maximum atomic E-state index is 13.4. The number of aromatic nitrogens is 1. The summed E-state index contributed by atoms with van der Waals surface area (Å²) in [4.78, 5) is 33.0. The van der Waals surface area contributed by atoms with E-state index in [2.05, 4.69) is 28.5 Å². The summed E-state index contributed by atoms with van der Waals surface area (Å²) in [6.07, 6.45) is 1.75. The highest BCUT2D eigenvalue weighted by molar-refractivity contribution is 6.31. The van der Waals surface area contributed by atoms with Crippen molar-refractivity contribution < 1.29 is 14.3 Å². The summed E-state index contributed by atoms with van der Waals surface area (Å²) in [5.74, 6) is -0.115. The molecule has 8 heteroatoms. The van der Waals surface area contributed by atoms with E-state index in [4.69, 9.17) is 16.3 Å². The third-order valence-corrected chi connectivity index (χ3v) is 7.33. The summed E-state index contributed by atoms with van der Waals surface area (Å²) in [6, 6.07) is 13.8. The van der Waals surface area contributed by atoms with Gasteiger partial charge in [0.25, 0.3) is 5.91 Å². The number of likely N-dealkylation sites (tertiary alicyclic amines) is 1. The molecule has 5 rings (SSSR count). The molecule has 0 bridgehead atoms. The van der Waals surface area contributed by atoms with Crippen LogP contribution in [0.25, 0.3) is 10.9 Å². The number of aromatic amines is 1. The first-order valence-electron chi connectivity index (χ1n) is 12.1. The van der Waals surface area contributed by atoms with E-state index in [0.717, 1.165) is 35.9 Å². The van der Waals surface area contributed by atoms with Crippen LogP contribution in [0.3, 0.4) is 0 Å². The Morgan fingerprint density at radius 3 is 2.71 bits per heavy atom. The Kier molecular flexibility index (Phi) is 6.57. The lowest BCUT2D eigenvalue weighted by Gasteiger charge is -2.39. The number of hydrogen-bond acceptors (Lipinski definition) is 4. The molecule has 3 aromatic rings. The van der Waals surface area contributed by atoms with E-state index >= 15 is 0 Å². The molecule has 35 heavy (non-hydrogen) atoms. The van der Waals surface area contributed by atoms with Gasteiger partial charge < -0.3 is 24.8 Å². The average Bonchev–Trinajstić information content (AvgIpc) is 3.41. The Labute approximate surface area is 210 Å². The summed E-state index contributed by atoms with van der Waals surface area (Å²) in [6.45, 7) is 3.24. The maximum absolute atomic E-state index is 13.4. The quantitative estimate of drug-likeness (QED) is 0.547. The Hall–Kier alpha value is -2.87. The SMILES string of the molecule is CN(C)CCNC(=O)Cc1cc(Cl)cc2cc(C(=O)N3CCC4(CC3)OCc3ccccc34)[nH]c12. The van der Waals surface area contributed by atoms with Crippen molar-refractivity contribution in [2.24, 2.45) is 0 Å². The van der Waals surface area contributed by atoms with E-state index in [9.17, 15) is 9.59 Å². The molecule has 2 aliphatic rings. The van der Waals surface area contributed by atoms with Gasteiger partial charge in [0.05, 0.1) is 18.6 Å². The number of ether oxygens (including phenoxy) is 1. The summed E-state index contributed by atoms with van der Waals surface area (Å²) >= 11 is 6.34. The summed E-state index contributed by atoms with van der Waals surface area (Å²) in [5, 5.41) is 4.31. The second-order valence-electron chi connectivity index (χ2n) is 9.77. The molecule has 1 aromatic heterocycles. The fourth-order valence-electron chi connectivity index (χ4n) is 5.23. The molecule has 2 N–H and O–H groups in total. The number of benzene rings is 2. The van der Waals surface area contributed by atoms with Gasteiger partial charge in [0.2, 0.25) is 5.91 Å². The average molecular weight is 495 g/mol. The number of H-pyrrole nitrogens is 1. The zero-order valence-corrected chi connectivity index (χ0v) is 21.0. The van der Waals surface area contributed by atoms with Crippen LogP contribution in [0.1, 0.15) is 40.0 Å². The Morgan fingerprint density at radius 2 is 1.94 bits per heavy atom. The number of hydrogen-bond donors (Lipinski definition) is 2. The normalized spacial score (nSPS) is 16.7. The van der Waals surface area contributed by atoms with Crippen molar-refractivity contribution >= 4 is 34.3 Å². The van der Waals surface area contributed by atoms with Gasteiger partial charge in [-0.05, 0) is 61.8 Å². The zero-order valence-electron chi connectivity index (χ0n) is 20.2. The molecule has 1 saturated heterocycles. The Morgan fingerprint density at radius 1 is 1.17 bits per heavy atom. The predicted octanol–water partition coefficient (Wildman–Crippen LogP) is 3.70. The largest absolute Gasteiger partial charge is 0.365 e. The number of nitrogens with zero attached hydrogens (tertiary/aromatic N) is 2. The third-order valence-electron chi connectivity index (χ3n) is 7.11. The van der Waals surface area contributed by atoms with Gasteiger partial charge in [-0.2, -0.15) is 0 Å². The number of rotatable bonds is 6. The van der Waals surface area contributed by atoms with Gasteiger partial charge in [-0.15, -0.1) is 0 Å². The smallest absolute Gasteiger partial charge is 0.270 e. The number of carbonyl (C=O) groups is 2. The summed E-state index contributed by atoms with van der Waals surface area (Å²) < 4.78 is 6.24. The fourth-order valence-corrected chi connectivity index (χ4v) is 5.48. The fraction of sp³-hybridized carbons (Fsp3) is 0.407. The molecule has 2 amide bonds. The van der Waals surface area contributed by atoms with E-state index in [0.29, 0.717) is 37.0 Å². The minimum Gasteiger partial charge on any atom is -0.365 e. The van der Waals surface area contributed by atoms with E-state index in [-0.39, 0.29) is 23.8 Å². The van der Waals surface area contributed by atoms with Crippen molar-refractivity contribution in [3.8, 4) is 0 Å². The molecule has 1 fully saturated rings. The lowest BCUT2D eigenvalue weighted by Crippen LogP contribution is -2.45. The number of likely N-dealkylation sites (N-methyl/N-ethyl adjacent to an activating group) is 1. The van der Waals surface area contributed by atoms with Crippen molar-refractivity contribution in [2.45, 2.75) is 31.5 Å². The topological polar surface area (TPSA) is 77.7 Å². The van der Waals surface area contributed by atoms with Gasteiger partial charge in [-0.1, -0.05) is 35.9 Å². The molecule has 0 radical (unpaired) electrons. The molecular weight excluding hydrogens is 464 g/mol. The molecule has 0 aliphatic carbocycles. The molecule has 1 spiro atoms. The van der Waals surface area contributed by atoms with Crippen LogP contribution < -0.4 is 5.32 Å². The Balaban J connectivity index is 1.29. The van der Waals surface area contributed by atoms with E-state index in [1.54, 1.807) is 6.07 Å². The monoisotopic (exact) mass is 494 g/mol. The van der Waals surface area contributed by atoms with E-state index in [1.807, 2.05) is 42.1 Å². The minimum atomic E-state index is -0.283. The highest BCUT2D eigenvalue weighted by Crippen LogP contribution is 2.44. The van der Waals surface area contributed by atoms with Gasteiger partial charge in [0.1, 0.15) is 5.69 Å². The lowest BCUT2D eigenvalue weighted by atomic mass is 9.84. The van der Waals surface area contributed by atoms with Gasteiger partial charge >= 0.3 is 0 Å². The molecule has 3 heterocycles. The number of fused-ring (bicyclic) bond motifs is 3. The van der Waals surface area contributed by atoms with Crippen LogP contribution in [0, 0.1) is 0 Å². The van der Waals surface area contributed by atoms with Crippen molar-refractivity contribution in [3.05, 3.63) is 69.9 Å². The van der Waals surface area contributed by atoms with Gasteiger partial charge in [0, 0.05) is 42.1 Å². The lowest BCUT2D eigenvalue weighted by molar-refractivity contribution is -0.120. The number of carbonyl (C=O) groups excluding carboxylic acids is 2. The molecule has 184 valence electrons. The number of piperidine rings is 1. The van der Waals surface area contributed by atoms with Crippen LogP contribution in [0.2, 0.25) is 5.02 Å². The van der Waals surface area contributed by atoms with Crippen LogP contribution in [-0.4, -0.2) is 66.9 Å². The predicted molar refractivity (Wildman–Crippen MR) is 137 cm³/mol. The first-order valence-corrected chi connectivity index (χ1v) is 12.5. The van der Waals surface area contributed by atoms with E-state index in [1.165, 1.54) is 11.1 Å². The van der Waals surface area contributed by atoms with Crippen LogP contribution in [-0.2, 0) is 28.2 Å². The molecule has 2 aliphatic heterocycles. The standard InChI is InChI=1S/C27H31ClN4O3/c1-31(2)12-9-29-24(33)16-20-14-21(28)13-19-15-23(30-25(19)20)26(34)32-10-7-27(8-11-32)22-6-4-3-5-18(22)17-35-27/h3-6,13-15,30H,7-12,16-17H2,1-2H3,(H,29,33). The summed E-state index contributed by atoms with van der Waals surface area (Å²) in [7, 11) is 3.93. The van der Waals surface area contributed by atoms with Gasteiger partial charge in [0.15, 0.2) is 0 Å². The van der Waals surface area contributed by atoms with Crippen LogP contribution in [0.15, 0.2) is 42.5 Å². The highest BCUT2D eigenvalue weighted by Gasteiger charge is 2.43. The molecule has 0 saturated carbocycles. The number of nitrogens with one attached hydrogen (secondary N) is 2. The van der Waals surface area contributed by atoms with Crippen LogP contribution in [0.4, 0.5) is 0 Å². The molecule has 0 unspecified atom stereocenters. The maximum Gasteiger partial charge on any atom is 0.270 e. The first-order chi connectivity index (χ1) is 16.8. The zero-order chi connectivity index (χ0) is 24.6. The van der Waals surface area contributed by atoms with Crippen LogP contribution in [0.5, 0.6) is 0 Å². The molecule has 0 atom stereocenters. The van der Waals surface area contributed by atoms with Gasteiger partial charge in [-0.3, -0.25) is 9.59 Å². The highest BCUT2D eigenvalue weighted by atomic mass is 35.5.